The molecule has 0 aromatic heterocycles. The Morgan fingerprint density at radius 1 is 1.77 bits per heavy atom. The zero-order valence-electron chi connectivity index (χ0n) is 7.46. The summed E-state index contributed by atoms with van der Waals surface area (Å²) in [7, 11) is 1.43. The van der Waals surface area contributed by atoms with Crippen LogP contribution in [-0.4, -0.2) is 37.5 Å². The molecule has 6 heteroatoms. The van der Waals surface area contributed by atoms with Gasteiger partial charge in [-0.1, -0.05) is 0 Å². The van der Waals surface area contributed by atoms with Gasteiger partial charge in [-0.15, -0.1) is 0 Å². The Morgan fingerprint density at radius 2 is 2.46 bits per heavy atom. The Labute approximate surface area is 75.4 Å². The molecule has 1 aliphatic rings. The lowest BCUT2D eigenvalue weighted by atomic mass is 10.4. The van der Waals surface area contributed by atoms with Gasteiger partial charge < -0.3 is 4.74 Å². The van der Waals surface area contributed by atoms with E-state index in [0.29, 0.717) is 0 Å². The van der Waals surface area contributed by atoms with Crippen molar-refractivity contribution in [3.8, 4) is 0 Å². The average Bonchev–Trinajstić information content (AvgIpc) is 2.49. The van der Waals surface area contributed by atoms with Gasteiger partial charge >= 0.3 is 0 Å². The highest BCUT2D eigenvalue weighted by molar-refractivity contribution is 6.09. The van der Waals surface area contributed by atoms with Crippen LogP contribution in [0.1, 0.15) is 6.92 Å². The van der Waals surface area contributed by atoms with Crippen LogP contribution in [0, 0.1) is 0 Å². The largest absolute Gasteiger partial charge is 0.372 e. The number of aliphatic imine (C=N–C) groups is 1. The van der Waals surface area contributed by atoms with Crippen LogP contribution in [0.25, 0.3) is 0 Å². The standard InChI is InChI=1S/C7H11N3O3/c1-4(13-2)6(12)10-7-8-3-5(11)9-7/h4H,3H2,1-2H3,(H2,8,9,10,11,12). The lowest BCUT2D eigenvalue weighted by Crippen LogP contribution is -2.44. The molecule has 1 heterocycles. The van der Waals surface area contributed by atoms with Crippen LogP contribution in [-0.2, 0) is 14.3 Å². The molecule has 0 spiro atoms. The first kappa shape index (κ1) is 9.66. The Morgan fingerprint density at radius 3 is 2.92 bits per heavy atom. The lowest BCUT2D eigenvalue weighted by molar-refractivity contribution is -0.128. The summed E-state index contributed by atoms with van der Waals surface area (Å²) >= 11 is 0. The zero-order valence-corrected chi connectivity index (χ0v) is 7.46. The molecule has 13 heavy (non-hydrogen) atoms. The molecule has 0 aromatic rings. The molecule has 0 saturated heterocycles. The van der Waals surface area contributed by atoms with Crippen molar-refractivity contribution in [2.24, 2.45) is 4.99 Å². The maximum absolute atomic E-state index is 11.2. The number of ether oxygens (including phenoxy) is 1. The average molecular weight is 185 g/mol. The maximum atomic E-state index is 11.2. The summed E-state index contributed by atoms with van der Waals surface area (Å²) in [5, 5.41) is 4.80. The van der Waals surface area contributed by atoms with Crippen LogP contribution >= 0.6 is 0 Å². The molecular formula is C7H11N3O3. The number of hydrogen-bond acceptors (Lipinski definition) is 4. The van der Waals surface area contributed by atoms with E-state index in [0.717, 1.165) is 0 Å². The molecule has 0 bridgehead atoms. The van der Waals surface area contributed by atoms with Crippen molar-refractivity contribution >= 4 is 17.8 Å². The highest BCUT2D eigenvalue weighted by atomic mass is 16.5. The van der Waals surface area contributed by atoms with Crippen molar-refractivity contribution in [3.63, 3.8) is 0 Å². The number of carbonyl (C=O) groups is 2. The van der Waals surface area contributed by atoms with Gasteiger partial charge in [-0.05, 0) is 6.92 Å². The van der Waals surface area contributed by atoms with Gasteiger partial charge in [-0.3, -0.25) is 20.2 Å². The molecule has 6 nitrogen and oxygen atoms in total. The van der Waals surface area contributed by atoms with E-state index >= 15 is 0 Å². The van der Waals surface area contributed by atoms with E-state index in [2.05, 4.69) is 15.6 Å². The molecule has 0 radical (unpaired) electrons. The number of rotatable bonds is 2. The Kier molecular flexibility index (Phi) is 2.97. The molecule has 1 atom stereocenters. The maximum Gasteiger partial charge on any atom is 0.255 e. The zero-order chi connectivity index (χ0) is 9.84. The van der Waals surface area contributed by atoms with Gasteiger partial charge in [0.15, 0.2) is 0 Å². The highest BCUT2D eigenvalue weighted by Crippen LogP contribution is 1.89. The Balaban J connectivity index is 2.41. The van der Waals surface area contributed by atoms with Crippen molar-refractivity contribution in [2.75, 3.05) is 13.7 Å². The molecule has 2 N–H and O–H groups in total. The SMILES string of the molecule is COC(C)C(=O)NC1=NCC(=O)N1. The van der Waals surface area contributed by atoms with E-state index < -0.39 is 6.10 Å². The van der Waals surface area contributed by atoms with E-state index in [1.807, 2.05) is 0 Å². The fourth-order valence-electron chi connectivity index (χ4n) is 0.758. The summed E-state index contributed by atoms with van der Waals surface area (Å²) in [6.45, 7) is 1.67. The summed E-state index contributed by atoms with van der Waals surface area (Å²) in [6, 6.07) is 0. The van der Waals surface area contributed by atoms with Crippen LogP contribution in [0.2, 0.25) is 0 Å². The van der Waals surface area contributed by atoms with Crippen molar-refractivity contribution in [1.82, 2.24) is 10.6 Å². The fourth-order valence-corrected chi connectivity index (χ4v) is 0.758. The molecule has 0 saturated carbocycles. The number of guanidine groups is 1. The first-order valence-electron chi connectivity index (χ1n) is 3.81. The number of carbonyl (C=O) groups excluding carboxylic acids is 2. The second-order valence-electron chi connectivity index (χ2n) is 2.58. The molecule has 1 unspecified atom stereocenters. The molecule has 1 aliphatic heterocycles. The third kappa shape index (κ3) is 2.51. The Bertz CT molecular complexity index is 262. The monoisotopic (exact) mass is 185 g/mol. The summed E-state index contributed by atoms with van der Waals surface area (Å²) < 4.78 is 4.77. The molecule has 0 aromatic carbocycles. The first-order chi connectivity index (χ1) is 6.13. The van der Waals surface area contributed by atoms with E-state index in [9.17, 15) is 9.59 Å². The third-order valence-electron chi connectivity index (χ3n) is 1.60. The summed E-state index contributed by atoms with van der Waals surface area (Å²) in [6.07, 6.45) is -0.555. The minimum atomic E-state index is -0.555. The second-order valence-corrected chi connectivity index (χ2v) is 2.58. The van der Waals surface area contributed by atoms with Crippen molar-refractivity contribution < 1.29 is 14.3 Å². The molecule has 0 fully saturated rings. The summed E-state index contributed by atoms with van der Waals surface area (Å²) in [5.74, 6) is -0.359. The van der Waals surface area contributed by atoms with Gasteiger partial charge in [0.2, 0.25) is 11.9 Å². The molecule has 1 rings (SSSR count). The van der Waals surface area contributed by atoms with Crippen LogP contribution in [0.4, 0.5) is 0 Å². The number of nitrogens with one attached hydrogen (secondary N) is 2. The number of amides is 2. The van der Waals surface area contributed by atoms with Gasteiger partial charge in [-0.25, -0.2) is 4.99 Å². The van der Waals surface area contributed by atoms with Crippen molar-refractivity contribution in [2.45, 2.75) is 13.0 Å². The highest BCUT2D eigenvalue weighted by Gasteiger charge is 2.18. The van der Waals surface area contributed by atoms with Gasteiger partial charge in [0.05, 0.1) is 0 Å². The quantitative estimate of drug-likeness (QED) is 0.556. The minimum absolute atomic E-state index is 0.0664. The number of hydrogen-bond donors (Lipinski definition) is 2. The van der Waals surface area contributed by atoms with Crippen molar-refractivity contribution in [3.05, 3.63) is 0 Å². The molecule has 2 amide bonds. The molecule has 0 aliphatic carbocycles. The van der Waals surface area contributed by atoms with Gasteiger partial charge in [0, 0.05) is 7.11 Å². The van der Waals surface area contributed by atoms with Gasteiger partial charge in [-0.2, -0.15) is 0 Å². The molecule has 72 valence electrons. The van der Waals surface area contributed by atoms with Crippen LogP contribution in [0.5, 0.6) is 0 Å². The summed E-state index contributed by atoms with van der Waals surface area (Å²) in [4.78, 5) is 25.6. The van der Waals surface area contributed by atoms with Crippen molar-refractivity contribution in [1.29, 1.82) is 0 Å². The lowest BCUT2D eigenvalue weighted by Gasteiger charge is -2.09. The van der Waals surface area contributed by atoms with Gasteiger partial charge in [0.25, 0.3) is 5.91 Å². The normalized spacial score (nSPS) is 17.7. The third-order valence-corrected chi connectivity index (χ3v) is 1.60. The van der Waals surface area contributed by atoms with E-state index in [-0.39, 0.29) is 24.3 Å². The van der Waals surface area contributed by atoms with Crippen LogP contribution < -0.4 is 10.6 Å². The topological polar surface area (TPSA) is 79.8 Å². The predicted molar refractivity (Wildman–Crippen MR) is 45.1 cm³/mol. The predicted octanol–water partition coefficient (Wildman–Crippen LogP) is -1.38. The minimum Gasteiger partial charge on any atom is -0.372 e. The summed E-state index contributed by atoms with van der Waals surface area (Å²) in [5.41, 5.74) is 0. The van der Waals surface area contributed by atoms with E-state index in [4.69, 9.17) is 4.74 Å². The number of methoxy groups -OCH3 is 1. The number of nitrogens with zero attached hydrogens (tertiary/aromatic N) is 1. The Hall–Kier alpha value is -1.43. The van der Waals surface area contributed by atoms with Crippen LogP contribution in [0.3, 0.4) is 0 Å². The first-order valence-corrected chi connectivity index (χ1v) is 3.81. The fraction of sp³-hybridized carbons (Fsp3) is 0.571. The van der Waals surface area contributed by atoms with Gasteiger partial charge in [0.1, 0.15) is 12.6 Å². The van der Waals surface area contributed by atoms with Crippen LogP contribution in [0.15, 0.2) is 4.99 Å². The smallest absolute Gasteiger partial charge is 0.255 e. The second kappa shape index (κ2) is 3.99. The van der Waals surface area contributed by atoms with E-state index in [1.165, 1.54) is 7.11 Å². The van der Waals surface area contributed by atoms with E-state index in [1.54, 1.807) is 6.92 Å². The molecular weight excluding hydrogens is 174 g/mol.